The molecule has 0 unspecified atom stereocenters. The van der Waals surface area contributed by atoms with Gasteiger partial charge in [-0.3, -0.25) is 0 Å². The second kappa shape index (κ2) is 6.35. The quantitative estimate of drug-likeness (QED) is 0.434. The van der Waals surface area contributed by atoms with E-state index in [-0.39, 0.29) is 23.4 Å². The van der Waals surface area contributed by atoms with E-state index in [0.717, 1.165) is 0 Å². The summed E-state index contributed by atoms with van der Waals surface area (Å²) in [5.41, 5.74) is 2.63. The van der Waals surface area contributed by atoms with Crippen molar-refractivity contribution in [1.82, 2.24) is 0 Å². The van der Waals surface area contributed by atoms with Crippen LogP contribution in [-0.2, 0) is 23.4 Å². The van der Waals surface area contributed by atoms with Crippen LogP contribution in [0.25, 0.3) is 0 Å². The topological polar surface area (TPSA) is 46.2 Å². The van der Waals surface area contributed by atoms with E-state index < -0.39 is 20.4 Å². The summed E-state index contributed by atoms with van der Waals surface area (Å²) < 4.78 is 29.7. The lowest BCUT2D eigenvalue weighted by Crippen LogP contribution is -2.45. The van der Waals surface area contributed by atoms with Gasteiger partial charge in [-0.15, -0.1) is 0 Å². The van der Waals surface area contributed by atoms with Gasteiger partial charge in [0.15, 0.2) is 32.6 Å². The van der Waals surface area contributed by atoms with Crippen molar-refractivity contribution in [2.75, 3.05) is 6.61 Å². The second-order valence-electron chi connectivity index (χ2n) is 8.14. The predicted octanol–water partition coefficient (Wildman–Crippen LogP) is 3.57. The molecule has 4 atom stereocenters. The fourth-order valence-electron chi connectivity index (χ4n) is 2.48. The van der Waals surface area contributed by atoms with E-state index in [1.54, 1.807) is 0 Å². The number of hydrogen-bond acceptors (Lipinski definition) is 5. The molecule has 23 heavy (non-hydrogen) atoms. The first kappa shape index (κ1) is 18.7. The predicted molar refractivity (Wildman–Crippen MR) is 90.4 cm³/mol. The molecule has 0 N–H and O–H groups in total. The molecular weight excluding hydrogens is 312 g/mol. The highest BCUT2D eigenvalue weighted by Gasteiger charge is 2.56. The zero-order chi connectivity index (χ0) is 17.5. The molecule has 0 bridgehead atoms. The highest BCUT2D eigenvalue weighted by Crippen LogP contribution is 2.41. The first-order valence-electron chi connectivity index (χ1n) is 8.12. The van der Waals surface area contributed by atoms with Crippen molar-refractivity contribution >= 4 is 8.32 Å². The Morgan fingerprint density at radius 1 is 1.26 bits per heavy atom. The van der Waals surface area contributed by atoms with Crippen LogP contribution < -0.4 is 0 Å². The summed E-state index contributed by atoms with van der Waals surface area (Å²) in [6, 6.07) is 0. The fourth-order valence-corrected chi connectivity index (χ4v) is 3.49. The van der Waals surface area contributed by atoms with Crippen LogP contribution in [0.5, 0.6) is 0 Å². The number of rotatable bonds is 5. The van der Waals surface area contributed by atoms with Crippen LogP contribution in [0.2, 0.25) is 18.1 Å². The molecule has 5 nitrogen and oxygen atoms in total. The average molecular weight is 343 g/mol. The fraction of sp³-hybridized carbons (Fsp3) is 0.824. The number of ether oxygens (including phenoxy) is 4. The van der Waals surface area contributed by atoms with Gasteiger partial charge in [-0.2, -0.15) is 0 Å². The molecule has 2 aliphatic rings. The summed E-state index contributed by atoms with van der Waals surface area (Å²) in [6.45, 7) is 18.8. The number of hydrogen-bond donors (Lipinski definition) is 0. The third-order valence-electron chi connectivity index (χ3n) is 4.81. The maximum absolute atomic E-state index is 6.28. The lowest BCUT2D eigenvalue weighted by molar-refractivity contribution is -0.218. The van der Waals surface area contributed by atoms with Crippen molar-refractivity contribution in [3.63, 3.8) is 0 Å². The maximum atomic E-state index is 6.28. The Labute approximate surface area is 140 Å². The minimum absolute atomic E-state index is 0.147. The Morgan fingerprint density at radius 2 is 1.91 bits per heavy atom. The molecule has 2 heterocycles. The molecule has 0 aromatic rings. The molecule has 0 radical (unpaired) electrons. The van der Waals surface area contributed by atoms with E-state index in [1.165, 1.54) is 6.26 Å². The van der Waals surface area contributed by atoms with Gasteiger partial charge in [0.05, 0.1) is 6.61 Å². The summed E-state index contributed by atoms with van der Waals surface area (Å²) in [6.07, 6.45) is 0.217. The Morgan fingerprint density at radius 3 is 2.48 bits per heavy atom. The van der Waals surface area contributed by atoms with Crippen LogP contribution in [0.15, 0.2) is 18.6 Å². The first-order chi connectivity index (χ1) is 10.5. The zero-order valence-corrected chi connectivity index (χ0v) is 16.3. The normalized spacial score (nSPS) is 33.2. The molecule has 0 saturated carbocycles. The molecule has 0 aromatic carbocycles. The summed E-state index contributed by atoms with van der Waals surface area (Å²) in [5.74, 6) is -0.667. The van der Waals surface area contributed by atoms with E-state index >= 15 is 0 Å². The summed E-state index contributed by atoms with van der Waals surface area (Å²) in [4.78, 5) is 0. The molecule has 2 fully saturated rings. The summed E-state index contributed by atoms with van der Waals surface area (Å²) in [7, 11) is -1.85. The van der Waals surface area contributed by atoms with Gasteiger partial charge in [-0.1, -0.05) is 33.1 Å². The Bertz CT molecular complexity index is 476. The first-order valence-corrected chi connectivity index (χ1v) is 11.0. The second-order valence-corrected chi connectivity index (χ2v) is 12.9. The summed E-state index contributed by atoms with van der Waals surface area (Å²) >= 11 is 0. The third-order valence-corrected chi connectivity index (χ3v) is 9.31. The Balaban J connectivity index is 2.05. The van der Waals surface area contributed by atoms with Gasteiger partial charge in [-0.25, -0.2) is 0 Å². The maximum Gasteiger partial charge on any atom is 0.192 e. The van der Waals surface area contributed by atoms with Crippen LogP contribution in [-0.4, -0.2) is 45.3 Å². The minimum Gasteiger partial charge on any atom is -0.484 e. The van der Waals surface area contributed by atoms with Crippen LogP contribution in [0.3, 0.4) is 0 Å². The SMILES string of the molecule is C=C=CO[C@@H]1[C@H]2OC(C)(C)O[C@H]2O[C@@H]1CO[Si](C)(C)C(C)(C)C. The van der Waals surface area contributed by atoms with Crippen molar-refractivity contribution < 1.29 is 23.4 Å². The molecule has 0 spiro atoms. The van der Waals surface area contributed by atoms with E-state index in [1.807, 2.05) is 13.8 Å². The van der Waals surface area contributed by atoms with Crippen LogP contribution >= 0.6 is 0 Å². The van der Waals surface area contributed by atoms with Gasteiger partial charge in [-0.05, 0) is 32.0 Å². The molecule has 132 valence electrons. The van der Waals surface area contributed by atoms with Crippen LogP contribution in [0, 0.1) is 0 Å². The smallest absolute Gasteiger partial charge is 0.192 e. The third kappa shape index (κ3) is 4.08. The molecule has 0 aliphatic carbocycles. The Hall–Kier alpha value is -0.623. The highest BCUT2D eigenvalue weighted by molar-refractivity contribution is 6.74. The molecule has 0 aromatic heterocycles. The van der Waals surface area contributed by atoms with Gasteiger partial charge in [0.25, 0.3) is 0 Å². The minimum atomic E-state index is -1.85. The largest absolute Gasteiger partial charge is 0.484 e. The van der Waals surface area contributed by atoms with Crippen molar-refractivity contribution in [2.24, 2.45) is 0 Å². The lowest BCUT2D eigenvalue weighted by Gasteiger charge is -2.37. The van der Waals surface area contributed by atoms with E-state index in [2.05, 4.69) is 46.2 Å². The highest BCUT2D eigenvalue weighted by atomic mass is 28.4. The van der Waals surface area contributed by atoms with Crippen molar-refractivity contribution in [1.29, 1.82) is 0 Å². The monoisotopic (exact) mass is 342 g/mol. The molecule has 6 heteroatoms. The molecule has 2 aliphatic heterocycles. The van der Waals surface area contributed by atoms with Crippen molar-refractivity contribution in [2.45, 2.75) is 83.1 Å². The van der Waals surface area contributed by atoms with Gasteiger partial charge in [0.2, 0.25) is 0 Å². The van der Waals surface area contributed by atoms with Gasteiger partial charge < -0.3 is 23.4 Å². The van der Waals surface area contributed by atoms with Gasteiger partial charge >= 0.3 is 0 Å². The number of fused-ring (bicyclic) bond motifs is 1. The van der Waals surface area contributed by atoms with E-state index in [9.17, 15) is 0 Å². The molecule has 2 rings (SSSR count). The molecule has 0 amide bonds. The molecular formula is C17H30O5Si. The summed E-state index contributed by atoms with van der Waals surface area (Å²) in [5, 5.41) is 0.147. The average Bonchev–Trinajstić information content (AvgIpc) is 2.84. The van der Waals surface area contributed by atoms with E-state index in [4.69, 9.17) is 23.4 Å². The Kier molecular flexibility index (Phi) is 5.17. The zero-order valence-electron chi connectivity index (χ0n) is 15.3. The van der Waals surface area contributed by atoms with E-state index in [0.29, 0.717) is 6.61 Å². The standard InChI is InChI=1S/C17H30O5Si/c1-9-10-18-13-12(11-19-23(7,8)16(2,3)4)20-15-14(13)21-17(5,6)22-15/h10,12-15H,1,11H2,2-8H3/t12-,13+,14-,15-/m1/s1. The van der Waals surface area contributed by atoms with Crippen molar-refractivity contribution in [3.8, 4) is 0 Å². The van der Waals surface area contributed by atoms with Crippen LogP contribution in [0.4, 0.5) is 0 Å². The van der Waals surface area contributed by atoms with Crippen molar-refractivity contribution in [3.05, 3.63) is 18.6 Å². The van der Waals surface area contributed by atoms with Crippen LogP contribution in [0.1, 0.15) is 34.6 Å². The lowest BCUT2D eigenvalue weighted by atomic mass is 10.1. The molecule has 2 saturated heterocycles. The van der Waals surface area contributed by atoms with Gasteiger partial charge in [0.1, 0.15) is 12.4 Å². The van der Waals surface area contributed by atoms with Gasteiger partial charge in [0, 0.05) is 0 Å².